The van der Waals surface area contributed by atoms with Crippen LogP contribution in [0.5, 0.6) is 0 Å². The third kappa shape index (κ3) is 6.09. The molecule has 0 unspecified atom stereocenters. The molecular formula is C20H24ClN6O3S+. The summed E-state index contributed by atoms with van der Waals surface area (Å²) in [6, 6.07) is 10.3. The second kappa shape index (κ2) is 10.5. The molecule has 3 aromatic rings. The van der Waals surface area contributed by atoms with Crippen LogP contribution in [-0.4, -0.2) is 46.6 Å². The first kappa shape index (κ1) is 22.9. The van der Waals surface area contributed by atoms with Crippen molar-refractivity contribution in [2.75, 3.05) is 19.8 Å². The molecule has 3 N–H and O–H groups in total. The van der Waals surface area contributed by atoms with Gasteiger partial charge in [0, 0.05) is 10.7 Å². The highest BCUT2D eigenvalue weighted by Crippen LogP contribution is 2.25. The number of nitrogens with one attached hydrogen (secondary N) is 3. The number of amides is 3. The Labute approximate surface area is 189 Å². The SMILES string of the molecule is C[C@@H](c1nnc(SCC(=O)NC(=O)NCc2ccco2)n1-c1ccc(Cl)cc1)[NH+](C)C. The number of hydrogen-bond donors (Lipinski definition) is 3. The highest BCUT2D eigenvalue weighted by Gasteiger charge is 2.24. The fraction of sp³-hybridized carbons (Fsp3) is 0.300. The normalized spacial score (nSPS) is 12.0. The lowest BCUT2D eigenvalue weighted by molar-refractivity contribution is -0.890. The standard InChI is InChI=1S/C20H23ClN6O3S/c1-13(26(2)3)18-24-25-20(27(18)15-8-6-14(21)7-9-15)31-12-17(28)23-19(29)22-11-16-5-4-10-30-16/h4-10,13H,11-12H2,1-3H3,(H2,22,23,28,29)/p+1/t13-/m0/s1. The number of hydrogen-bond acceptors (Lipinski definition) is 6. The van der Waals surface area contributed by atoms with Gasteiger partial charge < -0.3 is 14.6 Å². The van der Waals surface area contributed by atoms with Gasteiger partial charge in [0.05, 0.1) is 32.7 Å². The Kier molecular flexibility index (Phi) is 7.72. The second-order valence-corrected chi connectivity index (χ2v) is 8.43. The van der Waals surface area contributed by atoms with Crippen molar-refractivity contribution in [3.8, 4) is 5.69 Å². The smallest absolute Gasteiger partial charge is 0.321 e. The Morgan fingerprint density at radius 3 is 2.61 bits per heavy atom. The summed E-state index contributed by atoms with van der Waals surface area (Å²) in [6.45, 7) is 2.24. The third-order valence-corrected chi connectivity index (χ3v) is 5.77. The van der Waals surface area contributed by atoms with Crippen LogP contribution in [0.3, 0.4) is 0 Å². The van der Waals surface area contributed by atoms with Gasteiger partial charge in [-0.2, -0.15) is 0 Å². The quantitative estimate of drug-likeness (QED) is 0.440. The van der Waals surface area contributed by atoms with Gasteiger partial charge in [-0.3, -0.25) is 14.7 Å². The van der Waals surface area contributed by atoms with Gasteiger partial charge in [0.25, 0.3) is 0 Å². The molecule has 1 atom stereocenters. The van der Waals surface area contributed by atoms with Gasteiger partial charge in [-0.15, -0.1) is 10.2 Å². The molecule has 0 aliphatic heterocycles. The molecule has 0 saturated heterocycles. The summed E-state index contributed by atoms with van der Waals surface area (Å²) in [5.74, 6) is 0.919. The van der Waals surface area contributed by atoms with Crippen LogP contribution in [0.2, 0.25) is 5.02 Å². The minimum absolute atomic E-state index is 0.00307. The van der Waals surface area contributed by atoms with Crippen LogP contribution in [0.25, 0.3) is 5.69 Å². The van der Waals surface area contributed by atoms with Gasteiger partial charge >= 0.3 is 6.03 Å². The molecule has 2 aromatic heterocycles. The fourth-order valence-electron chi connectivity index (χ4n) is 2.66. The van der Waals surface area contributed by atoms with Crippen molar-refractivity contribution < 1.29 is 18.9 Å². The van der Waals surface area contributed by atoms with Crippen LogP contribution in [0.15, 0.2) is 52.2 Å². The lowest BCUT2D eigenvalue weighted by atomic mass is 10.2. The van der Waals surface area contributed by atoms with E-state index in [1.807, 2.05) is 30.8 Å². The van der Waals surface area contributed by atoms with Crippen molar-refractivity contribution in [2.24, 2.45) is 0 Å². The molecule has 11 heteroatoms. The summed E-state index contributed by atoms with van der Waals surface area (Å²) < 4.78 is 7.04. The third-order valence-electron chi connectivity index (χ3n) is 4.59. The van der Waals surface area contributed by atoms with E-state index in [4.69, 9.17) is 16.0 Å². The van der Waals surface area contributed by atoms with Crippen LogP contribution in [-0.2, 0) is 11.3 Å². The average Bonchev–Trinajstić information content (AvgIpc) is 3.40. The summed E-state index contributed by atoms with van der Waals surface area (Å²) in [5, 5.41) is 14.7. The predicted octanol–water partition coefficient (Wildman–Crippen LogP) is 1.84. The first-order valence-electron chi connectivity index (χ1n) is 9.59. The molecule has 1 aromatic carbocycles. The molecule has 0 aliphatic carbocycles. The van der Waals surface area contributed by atoms with Crippen molar-refractivity contribution in [1.29, 1.82) is 0 Å². The number of furan rings is 1. The highest BCUT2D eigenvalue weighted by atomic mass is 35.5. The molecule has 9 nitrogen and oxygen atoms in total. The molecule has 0 radical (unpaired) electrons. The van der Waals surface area contributed by atoms with E-state index in [1.165, 1.54) is 22.9 Å². The van der Waals surface area contributed by atoms with Crippen LogP contribution >= 0.6 is 23.4 Å². The van der Waals surface area contributed by atoms with Crippen molar-refractivity contribution in [1.82, 2.24) is 25.4 Å². The number of imide groups is 1. The maximum atomic E-state index is 12.2. The Bertz CT molecular complexity index is 1020. The summed E-state index contributed by atoms with van der Waals surface area (Å²) >= 11 is 7.23. The molecule has 0 spiro atoms. The van der Waals surface area contributed by atoms with Crippen LogP contribution in [0.1, 0.15) is 24.6 Å². The lowest BCUT2D eigenvalue weighted by Crippen LogP contribution is -3.05. The Morgan fingerprint density at radius 2 is 1.97 bits per heavy atom. The molecule has 3 amide bonds. The van der Waals surface area contributed by atoms with E-state index in [0.717, 1.165) is 11.5 Å². The van der Waals surface area contributed by atoms with Gasteiger partial charge in [-0.1, -0.05) is 23.4 Å². The van der Waals surface area contributed by atoms with Gasteiger partial charge in [-0.05, 0) is 43.3 Å². The number of carbonyl (C=O) groups excluding carboxylic acids is 2. The maximum absolute atomic E-state index is 12.2. The van der Waals surface area contributed by atoms with Crippen molar-refractivity contribution in [2.45, 2.75) is 24.7 Å². The molecule has 2 heterocycles. The van der Waals surface area contributed by atoms with E-state index in [1.54, 1.807) is 24.3 Å². The van der Waals surface area contributed by atoms with E-state index in [9.17, 15) is 9.59 Å². The molecule has 164 valence electrons. The van der Waals surface area contributed by atoms with Gasteiger partial charge in [-0.25, -0.2) is 4.79 Å². The summed E-state index contributed by atoms with van der Waals surface area (Å²) in [6.07, 6.45) is 1.51. The molecule has 0 aliphatic rings. The fourth-order valence-corrected chi connectivity index (χ4v) is 3.55. The number of thioether (sulfide) groups is 1. The number of rotatable bonds is 8. The Balaban J connectivity index is 1.67. The number of carbonyl (C=O) groups is 2. The van der Waals surface area contributed by atoms with Gasteiger partial charge in [0.1, 0.15) is 11.8 Å². The topological polar surface area (TPSA) is 106 Å². The minimum atomic E-state index is -0.591. The number of nitrogens with zero attached hydrogens (tertiary/aromatic N) is 3. The highest BCUT2D eigenvalue weighted by molar-refractivity contribution is 7.99. The van der Waals surface area contributed by atoms with E-state index in [0.29, 0.717) is 15.9 Å². The predicted molar refractivity (Wildman–Crippen MR) is 117 cm³/mol. The molecule has 0 fully saturated rings. The molecule has 31 heavy (non-hydrogen) atoms. The maximum Gasteiger partial charge on any atom is 0.321 e. The van der Waals surface area contributed by atoms with Crippen LogP contribution in [0, 0.1) is 0 Å². The Hall–Kier alpha value is -2.82. The number of halogens is 1. The van der Waals surface area contributed by atoms with E-state index >= 15 is 0 Å². The van der Waals surface area contributed by atoms with Crippen LogP contribution in [0.4, 0.5) is 4.79 Å². The lowest BCUT2D eigenvalue weighted by Gasteiger charge is -2.18. The van der Waals surface area contributed by atoms with Crippen molar-refractivity contribution in [3.05, 3.63) is 59.3 Å². The largest absolute Gasteiger partial charge is 0.467 e. The average molecular weight is 464 g/mol. The number of aromatic nitrogens is 3. The molecule has 3 rings (SSSR count). The number of urea groups is 1. The second-order valence-electron chi connectivity index (χ2n) is 7.05. The van der Waals surface area contributed by atoms with E-state index in [-0.39, 0.29) is 18.3 Å². The molecule has 0 saturated carbocycles. The first-order chi connectivity index (χ1) is 14.8. The monoisotopic (exact) mass is 463 g/mol. The molecule has 0 bridgehead atoms. The zero-order chi connectivity index (χ0) is 22.4. The number of quaternary nitrogens is 1. The van der Waals surface area contributed by atoms with Crippen molar-refractivity contribution in [3.63, 3.8) is 0 Å². The van der Waals surface area contributed by atoms with Gasteiger partial charge in [0.2, 0.25) is 5.91 Å². The van der Waals surface area contributed by atoms with Crippen molar-refractivity contribution >= 4 is 35.3 Å². The summed E-state index contributed by atoms with van der Waals surface area (Å²) in [4.78, 5) is 25.3. The number of benzene rings is 1. The van der Waals surface area contributed by atoms with E-state index in [2.05, 4.69) is 27.8 Å². The summed E-state index contributed by atoms with van der Waals surface area (Å²) in [7, 11) is 4.07. The minimum Gasteiger partial charge on any atom is -0.467 e. The zero-order valence-electron chi connectivity index (χ0n) is 17.4. The summed E-state index contributed by atoms with van der Waals surface area (Å²) in [5.41, 5.74) is 0.844. The van der Waals surface area contributed by atoms with Crippen LogP contribution < -0.4 is 15.5 Å². The van der Waals surface area contributed by atoms with E-state index < -0.39 is 11.9 Å². The zero-order valence-corrected chi connectivity index (χ0v) is 19.0. The molecular weight excluding hydrogens is 440 g/mol. The first-order valence-corrected chi connectivity index (χ1v) is 11.0. The van der Waals surface area contributed by atoms with Gasteiger partial charge in [0.15, 0.2) is 11.0 Å². The Morgan fingerprint density at radius 1 is 1.23 bits per heavy atom.